The van der Waals surface area contributed by atoms with E-state index in [2.05, 4.69) is 4.74 Å². The average molecular weight is 293 g/mol. The van der Waals surface area contributed by atoms with E-state index < -0.39 is 33.3 Å². The van der Waals surface area contributed by atoms with E-state index in [1.165, 1.54) is 6.92 Å². The van der Waals surface area contributed by atoms with E-state index in [1.807, 2.05) is 0 Å². The fourth-order valence-corrected chi connectivity index (χ4v) is 3.99. The summed E-state index contributed by atoms with van der Waals surface area (Å²) in [5.74, 6) is -2.18. The second-order valence-corrected chi connectivity index (χ2v) is 6.64. The molecular weight excluding hydrogens is 274 g/mol. The van der Waals surface area contributed by atoms with E-state index in [-0.39, 0.29) is 26.0 Å². The SMILES string of the molecule is CCOC(=O)CCS(=O)(=O)N1CCCC1(C)C(=O)O. The summed E-state index contributed by atoms with van der Waals surface area (Å²) in [4.78, 5) is 22.4. The Balaban J connectivity index is 2.77. The van der Waals surface area contributed by atoms with Crippen LogP contribution in [0.1, 0.15) is 33.1 Å². The fraction of sp³-hybridized carbons (Fsp3) is 0.818. The van der Waals surface area contributed by atoms with Crippen LogP contribution in [0.25, 0.3) is 0 Å². The standard InChI is InChI=1S/C11H19NO6S/c1-3-18-9(13)5-8-19(16,17)12-7-4-6-11(12,2)10(14)15/h3-8H2,1-2H3,(H,14,15). The van der Waals surface area contributed by atoms with Crippen molar-refractivity contribution in [2.24, 2.45) is 0 Å². The molecule has 1 aliphatic rings. The van der Waals surface area contributed by atoms with Crippen LogP contribution in [0.5, 0.6) is 0 Å². The van der Waals surface area contributed by atoms with Crippen LogP contribution in [0.3, 0.4) is 0 Å². The minimum Gasteiger partial charge on any atom is -0.480 e. The Morgan fingerprint density at radius 2 is 2.05 bits per heavy atom. The number of nitrogens with zero attached hydrogens (tertiary/aromatic N) is 1. The van der Waals surface area contributed by atoms with Gasteiger partial charge in [-0.15, -0.1) is 0 Å². The molecule has 1 N–H and O–H groups in total. The minimum absolute atomic E-state index is 0.175. The average Bonchev–Trinajstić information content (AvgIpc) is 2.72. The highest BCUT2D eigenvalue weighted by atomic mass is 32.2. The number of carboxylic acids is 1. The lowest BCUT2D eigenvalue weighted by Crippen LogP contribution is -2.51. The van der Waals surface area contributed by atoms with Crippen LogP contribution in [-0.2, 0) is 24.3 Å². The molecular formula is C11H19NO6S. The van der Waals surface area contributed by atoms with Gasteiger partial charge in [-0.05, 0) is 26.7 Å². The predicted molar refractivity (Wildman–Crippen MR) is 67.0 cm³/mol. The molecule has 1 fully saturated rings. The zero-order valence-corrected chi connectivity index (χ0v) is 11.9. The summed E-state index contributed by atoms with van der Waals surface area (Å²) < 4.78 is 29.9. The molecule has 1 aliphatic heterocycles. The van der Waals surface area contributed by atoms with Crippen molar-refractivity contribution in [1.82, 2.24) is 4.31 Å². The van der Waals surface area contributed by atoms with Crippen LogP contribution in [0.2, 0.25) is 0 Å². The summed E-state index contributed by atoms with van der Waals surface area (Å²) in [5.41, 5.74) is -1.41. The molecule has 0 aliphatic carbocycles. The molecule has 1 saturated heterocycles. The predicted octanol–water partition coefficient (Wildman–Crippen LogP) is 0.209. The molecule has 0 aromatic carbocycles. The lowest BCUT2D eigenvalue weighted by Gasteiger charge is -2.30. The van der Waals surface area contributed by atoms with Gasteiger partial charge in [0.1, 0.15) is 5.54 Å². The molecule has 7 nitrogen and oxygen atoms in total. The van der Waals surface area contributed by atoms with Gasteiger partial charge in [-0.1, -0.05) is 0 Å². The van der Waals surface area contributed by atoms with Gasteiger partial charge in [-0.2, -0.15) is 4.31 Å². The molecule has 19 heavy (non-hydrogen) atoms. The normalized spacial score (nSPS) is 24.3. The highest BCUT2D eigenvalue weighted by molar-refractivity contribution is 7.89. The summed E-state index contributed by atoms with van der Waals surface area (Å²) >= 11 is 0. The third kappa shape index (κ3) is 3.44. The van der Waals surface area contributed by atoms with Gasteiger partial charge < -0.3 is 9.84 Å². The van der Waals surface area contributed by atoms with Gasteiger partial charge >= 0.3 is 11.9 Å². The maximum absolute atomic E-state index is 12.1. The quantitative estimate of drug-likeness (QED) is 0.702. The second-order valence-electron chi connectivity index (χ2n) is 4.63. The van der Waals surface area contributed by atoms with E-state index in [0.717, 1.165) is 4.31 Å². The van der Waals surface area contributed by atoms with E-state index >= 15 is 0 Å². The summed E-state index contributed by atoms with van der Waals surface area (Å²) in [6.07, 6.45) is 0.519. The van der Waals surface area contributed by atoms with E-state index in [9.17, 15) is 23.1 Å². The van der Waals surface area contributed by atoms with Crippen molar-refractivity contribution in [2.75, 3.05) is 18.9 Å². The monoisotopic (exact) mass is 293 g/mol. The largest absolute Gasteiger partial charge is 0.480 e. The number of carboxylic acid groups (broad SMARTS) is 1. The van der Waals surface area contributed by atoms with Gasteiger partial charge in [-0.25, -0.2) is 8.42 Å². The van der Waals surface area contributed by atoms with Gasteiger partial charge in [0.25, 0.3) is 0 Å². The van der Waals surface area contributed by atoms with Gasteiger partial charge in [0, 0.05) is 6.54 Å². The molecule has 1 rings (SSSR count). The first-order chi connectivity index (χ1) is 8.74. The third-order valence-electron chi connectivity index (χ3n) is 3.24. The Morgan fingerprint density at radius 1 is 1.42 bits per heavy atom. The fourth-order valence-electron chi connectivity index (χ4n) is 2.15. The maximum atomic E-state index is 12.1. The van der Waals surface area contributed by atoms with Gasteiger partial charge in [0.15, 0.2) is 0 Å². The first-order valence-corrected chi connectivity index (χ1v) is 7.74. The Bertz CT molecular complexity index is 460. The number of hydrogen-bond acceptors (Lipinski definition) is 5. The van der Waals surface area contributed by atoms with Crippen LogP contribution in [0.4, 0.5) is 0 Å². The number of rotatable bonds is 6. The second kappa shape index (κ2) is 5.87. The first kappa shape index (κ1) is 15.9. The molecule has 0 amide bonds. The number of hydrogen-bond donors (Lipinski definition) is 1. The van der Waals surface area contributed by atoms with Gasteiger partial charge in [0.05, 0.1) is 18.8 Å². The molecule has 110 valence electrons. The molecule has 0 bridgehead atoms. The van der Waals surface area contributed by atoms with Crippen molar-refractivity contribution < 1.29 is 27.9 Å². The zero-order chi connectivity index (χ0) is 14.7. The molecule has 1 atom stereocenters. The molecule has 8 heteroatoms. The summed E-state index contributed by atoms with van der Waals surface area (Å²) in [7, 11) is -3.77. The minimum atomic E-state index is -3.77. The molecule has 0 aromatic heterocycles. The van der Waals surface area contributed by atoms with E-state index in [1.54, 1.807) is 6.92 Å². The Labute approximate surface area is 112 Å². The smallest absolute Gasteiger partial charge is 0.324 e. The van der Waals surface area contributed by atoms with Crippen molar-refractivity contribution in [3.8, 4) is 0 Å². The first-order valence-electron chi connectivity index (χ1n) is 6.13. The van der Waals surface area contributed by atoms with Crippen molar-refractivity contribution in [2.45, 2.75) is 38.6 Å². The van der Waals surface area contributed by atoms with Crippen molar-refractivity contribution in [3.05, 3.63) is 0 Å². The number of carbonyl (C=O) groups excluding carboxylic acids is 1. The number of ether oxygens (including phenoxy) is 1. The van der Waals surface area contributed by atoms with Crippen molar-refractivity contribution >= 4 is 22.0 Å². The number of esters is 1. The van der Waals surface area contributed by atoms with Crippen molar-refractivity contribution in [3.63, 3.8) is 0 Å². The van der Waals surface area contributed by atoms with Crippen LogP contribution in [0, 0.1) is 0 Å². The van der Waals surface area contributed by atoms with Crippen LogP contribution >= 0.6 is 0 Å². The Kier molecular flexibility index (Phi) is 4.92. The van der Waals surface area contributed by atoms with Crippen molar-refractivity contribution in [1.29, 1.82) is 0 Å². The van der Waals surface area contributed by atoms with Gasteiger partial charge in [-0.3, -0.25) is 9.59 Å². The van der Waals surface area contributed by atoms with Gasteiger partial charge in [0.2, 0.25) is 10.0 Å². The van der Waals surface area contributed by atoms with E-state index in [0.29, 0.717) is 6.42 Å². The molecule has 1 heterocycles. The van der Waals surface area contributed by atoms with Crippen LogP contribution < -0.4 is 0 Å². The molecule has 0 radical (unpaired) electrons. The topological polar surface area (TPSA) is 101 Å². The summed E-state index contributed by atoms with van der Waals surface area (Å²) in [6, 6.07) is 0. The highest BCUT2D eigenvalue weighted by Gasteiger charge is 2.49. The molecule has 1 unspecified atom stereocenters. The Morgan fingerprint density at radius 3 is 2.58 bits per heavy atom. The van der Waals surface area contributed by atoms with Crippen LogP contribution in [0.15, 0.2) is 0 Å². The number of carbonyl (C=O) groups is 2. The zero-order valence-electron chi connectivity index (χ0n) is 11.1. The molecule has 0 aromatic rings. The third-order valence-corrected chi connectivity index (χ3v) is 5.22. The highest BCUT2D eigenvalue weighted by Crippen LogP contribution is 2.32. The lowest BCUT2D eigenvalue weighted by molar-refractivity contribution is -0.146. The summed E-state index contributed by atoms with van der Waals surface area (Å²) in [5, 5.41) is 9.17. The lowest BCUT2D eigenvalue weighted by atomic mass is 10.0. The molecule has 0 saturated carbocycles. The Hall–Kier alpha value is -1.15. The number of aliphatic carboxylic acids is 1. The maximum Gasteiger partial charge on any atom is 0.324 e. The van der Waals surface area contributed by atoms with Crippen LogP contribution in [-0.4, -0.2) is 54.2 Å². The van der Waals surface area contributed by atoms with E-state index in [4.69, 9.17) is 0 Å². The summed E-state index contributed by atoms with van der Waals surface area (Å²) in [6.45, 7) is 3.39. The molecule has 0 spiro atoms. The number of sulfonamides is 1.